The van der Waals surface area contributed by atoms with Crippen molar-refractivity contribution >= 4 is 27.0 Å². The van der Waals surface area contributed by atoms with Crippen LogP contribution >= 0.6 is 15.9 Å². The maximum absolute atomic E-state index is 13.0. The lowest BCUT2D eigenvalue weighted by atomic mass is 10.1. The molecule has 1 atom stereocenters. The summed E-state index contributed by atoms with van der Waals surface area (Å²) in [5.41, 5.74) is 2.05. The Labute approximate surface area is 123 Å². The average molecular weight is 336 g/mol. The molecule has 0 aliphatic rings. The van der Waals surface area contributed by atoms with Crippen LogP contribution in [-0.2, 0) is 6.42 Å². The second-order valence-corrected chi connectivity index (χ2v) is 5.32. The first-order chi connectivity index (χ1) is 9.63. The minimum atomic E-state index is -0.807. The third-order valence-corrected chi connectivity index (χ3v) is 3.71. The van der Waals surface area contributed by atoms with Gasteiger partial charge in [-0.05, 0) is 29.8 Å². The predicted octanol–water partition coefficient (Wildman–Crippen LogP) is 4.01. The highest BCUT2D eigenvalue weighted by molar-refractivity contribution is 9.10. The van der Waals surface area contributed by atoms with E-state index in [1.165, 1.54) is 12.1 Å². The number of oxazole rings is 1. The summed E-state index contributed by atoms with van der Waals surface area (Å²) in [6.45, 7) is 0. The molecule has 0 spiro atoms. The number of hydrogen-bond donors (Lipinski definition) is 1. The first-order valence-electron chi connectivity index (χ1n) is 6.11. The molecular formula is C15H11BrFNO2. The minimum absolute atomic E-state index is 0.235. The van der Waals surface area contributed by atoms with E-state index < -0.39 is 6.10 Å². The Morgan fingerprint density at radius 2 is 2.05 bits per heavy atom. The number of aromatic nitrogens is 1. The number of para-hydroxylation sites is 2. The van der Waals surface area contributed by atoms with Crippen molar-refractivity contribution in [3.63, 3.8) is 0 Å². The number of halogens is 2. The summed E-state index contributed by atoms with van der Waals surface area (Å²) in [6.07, 6.45) is -0.572. The van der Waals surface area contributed by atoms with Crippen LogP contribution in [0, 0.1) is 5.82 Å². The maximum atomic E-state index is 13.0. The second kappa shape index (κ2) is 5.34. The zero-order valence-corrected chi connectivity index (χ0v) is 12.0. The van der Waals surface area contributed by atoms with Gasteiger partial charge in [0.25, 0.3) is 0 Å². The number of benzene rings is 2. The molecule has 1 unspecified atom stereocenters. The van der Waals surface area contributed by atoms with Crippen LogP contribution < -0.4 is 0 Å². The highest BCUT2D eigenvalue weighted by atomic mass is 79.9. The van der Waals surface area contributed by atoms with Gasteiger partial charge in [0.05, 0.1) is 12.5 Å². The molecule has 3 nitrogen and oxygen atoms in total. The van der Waals surface area contributed by atoms with Gasteiger partial charge < -0.3 is 9.52 Å². The zero-order valence-electron chi connectivity index (χ0n) is 10.4. The largest absolute Gasteiger partial charge is 0.441 e. The number of aliphatic hydroxyl groups is 1. The van der Waals surface area contributed by atoms with Crippen LogP contribution in [0.15, 0.2) is 51.4 Å². The van der Waals surface area contributed by atoms with Gasteiger partial charge in [0, 0.05) is 4.47 Å². The molecule has 2 aromatic carbocycles. The van der Waals surface area contributed by atoms with E-state index in [-0.39, 0.29) is 12.2 Å². The number of rotatable bonds is 3. The van der Waals surface area contributed by atoms with Crippen LogP contribution in [0.4, 0.5) is 4.39 Å². The van der Waals surface area contributed by atoms with Crippen molar-refractivity contribution in [2.45, 2.75) is 12.5 Å². The number of fused-ring (bicyclic) bond motifs is 1. The lowest BCUT2D eigenvalue weighted by Gasteiger charge is -2.10. The molecule has 102 valence electrons. The van der Waals surface area contributed by atoms with Crippen molar-refractivity contribution in [3.8, 4) is 0 Å². The van der Waals surface area contributed by atoms with Crippen LogP contribution in [0.1, 0.15) is 17.6 Å². The second-order valence-electron chi connectivity index (χ2n) is 4.46. The Kier molecular flexibility index (Phi) is 3.54. The Morgan fingerprint density at radius 3 is 2.80 bits per heavy atom. The van der Waals surface area contributed by atoms with Crippen molar-refractivity contribution in [2.24, 2.45) is 0 Å². The van der Waals surface area contributed by atoms with Crippen LogP contribution in [0.25, 0.3) is 11.1 Å². The molecule has 0 fully saturated rings. The van der Waals surface area contributed by atoms with Crippen molar-refractivity contribution in [3.05, 3.63) is 64.2 Å². The topological polar surface area (TPSA) is 46.3 Å². The highest BCUT2D eigenvalue weighted by Crippen LogP contribution is 2.27. The van der Waals surface area contributed by atoms with E-state index in [0.717, 1.165) is 5.52 Å². The van der Waals surface area contributed by atoms with Gasteiger partial charge in [-0.2, -0.15) is 0 Å². The quantitative estimate of drug-likeness (QED) is 0.786. The molecule has 0 radical (unpaired) electrons. The standard InChI is InChI=1S/C15H11BrFNO2/c16-11-7-9(17)5-6-10(11)13(19)8-15-18-12-3-1-2-4-14(12)20-15/h1-7,13,19H,8H2. The summed E-state index contributed by atoms with van der Waals surface area (Å²) in [4.78, 5) is 4.31. The van der Waals surface area contributed by atoms with Gasteiger partial charge in [-0.25, -0.2) is 9.37 Å². The smallest absolute Gasteiger partial charge is 0.198 e. The zero-order chi connectivity index (χ0) is 14.1. The van der Waals surface area contributed by atoms with Crippen molar-refractivity contribution in [1.82, 2.24) is 4.98 Å². The van der Waals surface area contributed by atoms with Gasteiger partial charge in [0.2, 0.25) is 0 Å². The molecule has 0 bridgehead atoms. The van der Waals surface area contributed by atoms with E-state index >= 15 is 0 Å². The fraction of sp³-hybridized carbons (Fsp3) is 0.133. The normalized spacial score (nSPS) is 12.8. The van der Waals surface area contributed by atoms with E-state index in [4.69, 9.17) is 4.42 Å². The van der Waals surface area contributed by atoms with Crippen molar-refractivity contribution in [1.29, 1.82) is 0 Å². The van der Waals surface area contributed by atoms with E-state index in [1.54, 1.807) is 6.07 Å². The first kappa shape index (κ1) is 13.3. The SMILES string of the molecule is OC(Cc1nc2ccccc2o1)c1ccc(F)cc1Br. The molecular weight excluding hydrogens is 325 g/mol. The Hall–Kier alpha value is -1.72. The lowest BCUT2D eigenvalue weighted by molar-refractivity contribution is 0.168. The van der Waals surface area contributed by atoms with E-state index in [9.17, 15) is 9.50 Å². The Balaban J connectivity index is 1.86. The average Bonchev–Trinajstić information content (AvgIpc) is 2.80. The summed E-state index contributed by atoms with van der Waals surface area (Å²) in [5, 5.41) is 10.2. The van der Waals surface area contributed by atoms with Crippen LogP contribution in [0.2, 0.25) is 0 Å². The molecule has 0 aliphatic heterocycles. The molecule has 3 rings (SSSR count). The summed E-state index contributed by atoms with van der Waals surface area (Å²) < 4.78 is 19.1. The monoisotopic (exact) mass is 335 g/mol. The third-order valence-electron chi connectivity index (χ3n) is 3.03. The number of hydrogen-bond acceptors (Lipinski definition) is 3. The third kappa shape index (κ3) is 2.59. The molecule has 0 amide bonds. The summed E-state index contributed by atoms with van der Waals surface area (Å²) >= 11 is 3.24. The van der Waals surface area contributed by atoms with Crippen molar-refractivity contribution in [2.75, 3.05) is 0 Å². The van der Waals surface area contributed by atoms with Gasteiger partial charge in [-0.1, -0.05) is 34.1 Å². The fourth-order valence-corrected chi connectivity index (χ4v) is 2.67. The summed E-state index contributed by atoms with van der Waals surface area (Å²) in [5.74, 6) is 0.101. The fourth-order valence-electron chi connectivity index (χ4n) is 2.05. The Bertz CT molecular complexity index is 723. The maximum Gasteiger partial charge on any atom is 0.198 e. The van der Waals surface area contributed by atoms with Crippen LogP contribution in [0.3, 0.4) is 0 Å². The summed E-state index contributed by atoms with van der Waals surface area (Å²) in [7, 11) is 0. The molecule has 1 N–H and O–H groups in total. The first-order valence-corrected chi connectivity index (χ1v) is 6.90. The number of aliphatic hydroxyl groups excluding tert-OH is 1. The van der Waals surface area contributed by atoms with E-state index in [1.807, 2.05) is 24.3 Å². The van der Waals surface area contributed by atoms with Crippen LogP contribution in [-0.4, -0.2) is 10.1 Å². The Morgan fingerprint density at radius 1 is 1.25 bits per heavy atom. The molecule has 0 saturated heterocycles. The minimum Gasteiger partial charge on any atom is -0.441 e. The van der Waals surface area contributed by atoms with Gasteiger partial charge in [0.15, 0.2) is 11.5 Å². The predicted molar refractivity (Wildman–Crippen MR) is 76.8 cm³/mol. The van der Waals surface area contributed by atoms with Gasteiger partial charge in [-0.3, -0.25) is 0 Å². The van der Waals surface area contributed by atoms with Gasteiger partial charge >= 0.3 is 0 Å². The molecule has 5 heteroatoms. The lowest BCUT2D eigenvalue weighted by Crippen LogP contribution is -2.03. The summed E-state index contributed by atoms with van der Waals surface area (Å²) in [6, 6.07) is 11.6. The van der Waals surface area contributed by atoms with Crippen LogP contribution in [0.5, 0.6) is 0 Å². The van der Waals surface area contributed by atoms with E-state index in [2.05, 4.69) is 20.9 Å². The molecule has 1 heterocycles. The molecule has 1 aromatic heterocycles. The molecule has 0 saturated carbocycles. The van der Waals surface area contributed by atoms with Gasteiger partial charge in [-0.15, -0.1) is 0 Å². The van der Waals surface area contributed by atoms with Crippen molar-refractivity contribution < 1.29 is 13.9 Å². The molecule has 0 aliphatic carbocycles. The van der Waals surface area contributed by atoms with E-state index in [0.29, 0.717) is 21.5 Å². The molecule has 20 heavy (non-hydrogen) atoms. The highest BCUT2D eigenvalue weighted by Gasteiger charge is 2.16. The number of nitrogens with zero attached hydrogens (tertiary/aromatic N) is 1. The van der Waals surface area contributed by atoms with Gasteiger partial charge in [0.1, 0.15) is 11.3 Å². The molecule has 3 aromatic rings.